The molecule has 122 valence electrons. The molecule has 2 N–H and O–H groups in total. The lowest BCUT2D eigenvalue weighted by Gasteiger charge is -2.16. The summed E-state index contributed by atoms with van der Waals surface area (Å²) >= 11 is 6.06. The maximum atomic E-state index is 12.1. The van der Waals surface area contributed by atoms with E-state index in [-0.39, 0.29) is 18.5 Å². The van der Waals surface area contributed by atoms with Crippen molar-refractivity contribution in [1.29, 1.82) is 0 Å². The van der Waals surface area contributed by atoms with Crippen LogP contribution in [0.1, 0.15) is 18.5 Å². The smallest absolute Gasteiger partial charge is 0.238 e. The molecule has 0 spiro atoms. The Morgan fingerprint density at radius 2 is 1.71 bits per heavy atom. The van der Waals surface area contributed by atoms with Gasteiger partial charge in [-0.1, -0.05) is 66.2 Å². The monoisotopic (exact) mass is 338 g/mol. The first-order valence-electron chi connectivity index (χ1n) is 7.90. The van der Waals surface area contributed by atoms with E-state index in [1.54, 1.807) is 12.1 Å². The molecule has 4 heteroatoms. The molecule has 0 aromatic heterocycles. The van der Waals surface area contributed by atoms with Gasteiger partial charge in [0.25, 0.3) is 0 Å². The van der Waals surface area contributed by atoms with Gasteiger partial charge in [-0.2, -0.15) is 0 Å². The maximum Gasteiger partial charge on any atom is 0.238 e. The molecule has 0 saturated heterocycles. The summed E-state index contributed by atoms with van der Waals surface area (Å²) in [6.45, 7) is 2.28. The lowest BCUT2D eigenvalue weighted by Crippen LogP contribution is -2.30. The van der Waals surface area contributed by atoms with Crippen molar-refractivity contribution in [3.8, 4) is 0 Å². The fourth-order valence-corrected chi connectivity index (χ4v) is 2.92. The average Bonchev–Trinajstić information content (AvgIpc) is 2.61. The Morgan fingerprint density at radius 3 is 2.54 bits per heavy atom. The minimum absolute atomic E-state index is 0.0631. The molecule has 24 heavy (non-hydrogen) atoms. The summed E-state index contributed by atoms with van der Waals surface area (Å²) in [7, 11) is 0. The summed E-state index contributed by atoms with van der Waals surface area (Å²) in [6, 6.07) is 21.8. The standard InChI is InChI=1S/C20H19ClN2O/c1-14(16-10-6-8-15-7-2-3-9-17(15)16)22-13-20(24)23-19-12-5-4-11-18(19)21/h2-12,14,22H,13H2,1H3,(H,23,24)/t14-/m0/s1. The Kier molecular flexibility index (Phi) is 5.14. The van der Waals surface area contributed by atoms with E-state index in [0.717, 1.165) is 0 Å². The van der Waals surface area contributed by atoms with Gasteiger partial charge < -0.3 is 10.6 Å². The molecular formula is C20H19ClN2O. The summed E-state index contributed by atoms with van der Waals surface area (Å²) in [5, 5.41) is 9.03. The first-order chi connectivity index (χ1) is 11.6. The van der Waals surface area contributed by atoms with Crippen LogP contribution in [0.3, 0.4) is 0 Å². The third kappa shape index (κ3) is 3.75. The molecule has 1 atom stereocenters. The number of rotatable bonds is 5. The van der Waals surface area contributed by atoms with Crippen LogP contribution in [0.25, 0.3) is 10.8 Å². The van der Waals surface area contributed by atoms with Crippen LogP contribution in [0.2, 0.25) is 5.02 Å². The molecule has 0 aliphatic heterocycles. The van der Waals surface area contributed by atoms with Gasteiger partial charge in [-0.25, -0.2) is 0 Å². The second kappa shape index (κ2) is 7.47. The van der Waals surface area contributed by atoms with E-state index in [2.05, 4.69) is 41.8 Å². The van der Waals surface area contributed by atoms with Crippen molar-refractivity contribution in [2.75, 3.05) is 11.9 Å². The van der Waals surface area contributed by atoms with Gasteiger partial charge in [-0.05, 0) is 35.4 Å². The molecule has 0 bridgehead atoms. The third-order valence-electron chi connectivity index (χ3n) is 4.01. The van der Waals surface area contributed by atoms with Gasteiger partial charge in [0, 0.05) is 6.04 Å². The van der Waals surface area contributed by atoms with Crippen LogP contribution in [0, 0.1) is 0 Å². The molecule has 0 saturated carbocycles. The van der Waals surface area contributed by atoms with Gasteiger partial charge in [0.2, 0.25) is 5.91 Å². The largest absolute Gasteiger partial charge is 0.324 e. The fourth-order valence-electron chi connectivity index (χ4n) is 2.74. The second-order valence-corrected chi connectivity index (χ2v) is 6.11. The minimum atomic E-state index is -0.116. The van der Waals surface area contributed by atoms with E-state index in [1.165, 1.54) is 16.3 Å². The highest BCUT2D eigenvalue weighted by Crippen LogP contribution is 2.24. The highest BCUT2D eigenvalue weighted by atomic mass is 35.5. The lowest BCUT2D eigenvalue weighted by molar-refractivity contribution is -0.115. The summed E-state index contributed by atoms with van der Waals surface area (Å²) in [6.07, 6.45) is 0. The van der Waals surface area contributed by atoms with Gasteiger partial charge in [-0.3, -0.25) is 4.79 Å². The number of halogens is 1. The SMILES string of the molecule is C[C@H](NCC(=O)Nc1ccccc1Cl)c1cccc2ccccc12. The zero-order valence-electron chi connectivity index (χ0n) is 13.4. The van der Waals surface area contributed by atoms with Gasteiger partial charge in [0.1, 0.15) is 0 Å². The van der Waals surface area contributed by atoms with Crippen molar-refractivity contribution in [3.05, 3.63) is 77.3 Å². The Morgan fingerprint density at radius 1 is 1.00 bits per heavy atom. The summed E-state index contributed by atoms with van der Waals surface area (Å²) < 4.78 is 0. The molecule has 3 rings (SSSR count). The molecule has 0 unspecified atom stereocenters. The highest BCUT2D eigenvalue weighted by molar-refractivity contribution is 6.33. The average molecular weight is 339 g/mol. The van der Waals surface area contributed by atoms with Gasteiger partial charge in [0.15, 0.2) is 0 Å². The molecule has 3 nitrogen and oxygen atoms in total. The van der Waals surface area contributed by atoms with Crippen molar-refractivity contribution in [1.82, 2.24) is 5.32 Å². The summed E-state index contributed by atoms with van der Waals surface area (Å²) in [4.78, 5) is 12.1. The Hall–Kier alpha value is -2.36. The number of carbonyl (C=O) groups excluding carboxylic acids is 1. The zero-order chi connectivity index (χ0) is 16.9. The van der Waals surface area contributed by atoms with Gasteiger partial charge in [-0.15, -0.1) is 0 Å². The minimum Gasteiger partial charge on any atom is -0.324 e. The van der Waals surface area contributed by atoms with E-state index >= 15 is 0 Å². The summed E-state index contributed by atoms with van der Waals surface area (Å²) in [5.74, 6) is -0.116. The molecule has 0 aliphatic rings. The van der Waals surface area contributed by atoms with E-state index < -0.39 is 0 Å². The number of fused-ring (bicyclic) bond motifs is 1. The number of nitrogens with one attached hydrogen (secondary N) is 2. The van der Waals surface area contributed by atoms with E-state index in [1.807, 2.05) is 30.3 Å². The molecule has 1 amide bonds. The quantitative estimate of drug-likeness (QED) is 0.702. The first kappa shape index (κ1) is 16.5. The highest BCUT2D eigenvalue weighted by Gasteiger charge is 2.11. The fraction of sp³-hybridized carbons (Fsp3) is 0.150. The molecule has 0 fully saturated rings. The first-order valence-corrected chi connectivity index (χ1v) is 8.28. The molecule has 0 aliphatic carbocycles. The number of hydrogen-bond donors (Lipinski definition) is 2. The Balaban J connectivity index is 1.65. The molecule has 0 radical (unpaired) electrons. The number of anilines is 1. The number of hydrogen-bond acceptors (Lipinski definition) is 2. The van der Waals surface area contributed by atoms with E-state index in [0.29, 0.717) is 10.7 Å². The van der Waals surface area contributed by atoms with Crippen LogP contribution >= 0.6 is 11.6 Å². The maximum absolute atomic E-state index is 12.1. The number of carbonyl (C=O) groups is 1. The van der Waals surface area contributed by atoms with Gasteiger partial charge in [0.05, 0.1) is 17.3 Å². The van der Waals surface area contributed by atoms with Crippen molar-refractivity contribution in [3.63, 3.8) is 0 Å². The Bertz CT molecular complexity index is 858. The molecular weight excluding hydrogens is 320 g/mol. The number of para-hydroxylation sites is 1. The number of benzene rings is 3. The van der Waals surface area contributed by atoms with Crippen LogP contribution in [0.5, 0.6) is 0 Å². The van der Waals surface area contributed by atoms with E-state index in [9.17, 15) is 4.79 Å². The van der Waals surface area contributed by atoms with Crippen LogP contribution in [0.4, 0.5) is 5.69 Å². The van der Waals surface area contributed by atoms with Crippen LogP contribution in [-0.2, 0) is 4.79 Å². The normalized spacial score (nSPS) is 12.1. The second-order valence-electron chi connectivity index (χ2n) is 5.70. The molecule has 3 aromatic rings. The predicted molar refractivity (Wildman–Crippen MR) is 100 cm³/mol. The molecule has 3 aromatic carbocycles. The van der Waals surface area contributed by atoms with Crippen molar-refractivity contribution >= 4 is 34.0 Å². The van der Waals surface area contributed by atoms with Gasteiger partial charge >= 0.3 is 0 Å². The van der Waals surface area contributed by atoms with Crippen LogP contribution in [0.15, 0.2) is 66.7 Å². The lowest BCUT2D eigenvalue weighted by atomic mass is 10.00. The van der Waals surface area contributed by atoms with Crippen molar-refractivity contribution in [2.24, 2.45) is 0 Å². The zero-order valence-corrected chi connectivity index (χ0v) is 14.2. The Labute approximate surface area is 146 Å². The van der Waals surface area contributed by atoms with Crippen molar-refractivity contribution < 1.29 is 4.79 Å². The van der Waals surface area contributed by atoms with Crippen LogP contribution < -0.4 is 10.6 Å². The van der Waals surface area contributed by atoms with E-state index in [4.69, 9.17) is 11.6 Å². The third-order valence-corrected chi connectivity index (χ3v) is 4.34. The predicted octanol–water partition coefficient (Wildman–Crippen LogP) is 4.78. The van der Waals surface area contributed by atoms with Crippen LogP contribution in [-0.4, -0.2) is 12.5 Å². The topological polar surface area (TPSA) is 41.1 Å². The summed E-state index contributed by atoms with van der Waals surface area (Å²) in [5.41, 5.74) is 1.81. The number of amides is 1. The van der Waals surface area contributed by atoms with Crippen molar-refractivity contribution in [2.45, 2.75) is 13.0 Å². The molecule has 0 heterocycles.